The Balaban J connectivity index is 1.74. The summed E-state index contributed by atoms with van der Waals surface area (Å²) in [4.78, 5) is 0.640. The van der Waals surface area contributed by atoms with Crippen molar-refractivity contribution in [2.45, 2.75) is 23.0 Å². The molecule has 3 rings (SSSR count). The summed E-state index contributed by atoms with van der Waals surface area (Å²) < 4.78 is 1.44. The summed E-state index contributed by atoms with van der Waals surface area (Å²) in [5.41, 5.74) is 0. The van der Waals surface area contributed by atoms with Crippen molar-refractivity contribution in [2.75, 3.05) is 0 Å². The van der Waals surface area contributed by atoms with Crippen LogP contribution >= 0.6 is 11.6 Å². The molecule has 0 spiro atoms. The van der Waals surface area contributed by atoms with E-state index >= 15 is 0 Å². The Morgan fingerprint density at radius 3 is 2.65 bits per heavy atom. The first-order valence-corrected chi connectivity index (χ1v) is 8.33. The first kappa shape index (κ1) is 11.6. The second-order valence-corrected chi connectivity index (χ2v) is 8.10. The van der Waals surface area contributed by atoms with E-state index in [4.69, 9.17) is 16.9 Å². The molecule has 1 nitrogen and oxygen atoms in total. The van der Waals surface area contributed by atoms with Gasteiger partial charge in [-0.15, -0.1) is 0 Å². The molecular weight excluding hydrogens is 297 g/mol. The van der Waals surface area contributed by atoms with Crippen LogP contribution in [0.5, 0.6) is 0 Å². The number of rotatable bonds is 2. The number of halogens is 1. The maximum atomic E-state index is 9.08. The van der Waals surface area contributed by atoms with Crippen molar-refractivity contribution >= 4 is 31.0 Å². The van der Waals surface area contributed by atoms with Gasteiger partial charge in [-0.3, -0.25) is 0 Å². The minimum absolute atomic E-state index is 0.227. The summed E-state index contributed by atoms with van der Waals surface area (Å²) in [6, 6.07) is 13.1. The van der Waals surface area contributed by atoms with Gasteiger partial charge in [-0.05, 0) is 0 Å². The van der Waals surface area contributed by atoms with Gasteiger partial charge in [-0.1, -0.05) is 0 Å². The van der Waals surface area contributed by atoms with E-state index in [1.54, 1.807) is 0 Å². The van der Waals surface area contributed by atoms with Gasteiger partial charge in [0, 0.05) is 0 Å². The number of alkyl halides is 1. The van der Waals surface area contributed by atoms with E-state index in [0.717, 1.165) is 6.42 Å². The Kier molecular flexibility index (Phi) is 3.17. The first-order valence-electron chi connectivity index (χ1n) is 6.05. The third kappa shape index (κ3) is 2.02. The summed E-state index contributed by atoms with van der Waals surface area (Å²) in [6.45, 7) is 0. The number of nitrogens with zero attached hydrogens (tertiary/aromatic N) is 1. The molecule has 2 bridgehead atoms. The molecule has 0 amide bonds. The Morgan fingerprint density at radius 1 is 1.24 bits per heavy atom. The van der Waals surface area contributed by atoms with Crippen molar-refractivity contribution in [3.05, 3.63) is 30.3 Å². The fourth-order valence-electron chi connectivity index (χ4n) is 3.20. The van der Waals surface area contributed by atoms with Crippen LogP contribution in [0.1, 0.15) is 12.8 Å². The molecule has 1 aromatic rings. The van der Waals surface area contributed by atoms with E-state index in [1.807, 2.05) is 0 Å². The normalized spacial score (nSPS) is 39.2. The number of fused-ring (bicyclic) bond motifs is 2. The van der Waals surface area contributed by atoms with Gasteiger partial charge in [-0.2, -0.15) is 0 Å². The monoisotopic (exact) mass is 311 g/mol. The van der Waals surface area contributed by atoms with Crippen molar-refractivity contribution < 1.29 is 0 Å². The van der Waals surface area contributed by atoms with Gasteiger partial charge in [0.05, 0.1) is 0 Å². The van der Waals surface area contributed by atoms with Gasteiger partial charge in [-0.25, -0.2) is 0 Å². The van der Waals surface area contributed by atoms with E-state index in [-0.39, 0.29) is 11.3 Å². The minimum atomic E-state index is 0.227. The van der Waals surface area contributed by atoms with Crippen LogP contribution in [0.2, 0.25) is 4.82 Å². The number of nitriles is 1. The number of hydrogen-bond acceptors (Lipinski definition) is 1. The zero-order valence-electron chi connectivity index (χ0n) is 9.42. The van der Waals surface area contributed by atoms with E-state index < -0.39 is 0 Å². The van der Waals surface area contributed by atoms with Crippen molar-refractivity contribution in [3.63, 3.8) is 0 Å². The average molecular weight is 311 g/mol. The van der Waals surface area contributed by atoms with Crippen LogP contribution < -0.4 is 4.46 Å². The first-order chi connectivity index (χ1) is 8.29. The molecule has 0 N–H and O–H groups in total. The predicted molar refractivity (Wildman–Crippen MR) is 70.5 cm³/mol. The standard InChI is InChI=1S/C14H14ClNSe/c15-13-12-7-9(6-10(12)8-16)14(13)17-11-4-2-1-3-5-11/h1-5,9-10,12-14H,6-7H2/t9-,10+,12-,13+,14+/m0/s1. The van der Waals surface area contributed by atoms with Crippen LogP contribution in [-0.2, 0) is 0 Å². The fraction of sp³-hybridized carbons (Fsp3) is 0.500. The van der Waals surface area contributed by atoms with E-state index in [9.17, 15) is 0 Å². The Labute approximate surface area is 113 Å². The zero-order chi connectivity index (χ0) is 11.8. The van der Waals surface area contributed by atoms with E-state index in [2.05, 4.69) is 36.4 Å². The van der Waals surface area contributed by atoms with Crippen molar-refractivity contribution in [1.82, 2.24) is 0 Å². The molecule has 2 saturated carbocycles. The SMILES string of the molecule is N#C[C@H]1C[C@H]2C[C@@H]1[C@@H](Cl)[C@@H]2[Se]c1ccccc1. The van der Waals surface area contributed by atoms with E-state index in [1.165, 1.54) is 10.9 Å². The number of benzene rings is 1. The summed E-state index contributed by atoms with van der Waals surface area (Å²) in [5.74, 6) is 1.39. The van der Waals surface area contributed by atoms with Crippen LogP contribution in [0.4, 0.5) is 0 Å². The van der Waals surface area contributed by atoms with Crippen molar-refractivity contribution in [2.24, 2.45) is 17.8 Å². The van der Waals surface area contributed by atoms with Gasteiger partial charge in [0.2, 0.25) is 0 Å². The van der Waals surface area contributed by atoms with E-state index in [0.29, 0.717) is 31.6 Å². The summed E-state index contributed by atoms with van der Waals surface area (Å²) in [7, 11) is 0. The van der Waals surface area contributed by atoms with Gasteiger partial charge in [0.25, 0.3) is 0 Å². The molecule has 2 aliphatic rings. The van der Waals surface area contributed by atoms with Crippen molar-refractivity contribution in [1.29, 1.82) is 5.26 Å². The molecule has 0 aliphatic heterocycles. The summed E-state index contributed by atoms with van der Waals surface area (Å²) >= 11 is 7.03. The average Bonchev–Trinajstić information content (AvgIpc) is 2.91. The molecule has 0 saturated heterocycles. The van der Waals surface area contributed by atoms with Crippen LogP contribution in [0.15, 0.2) is 30.3 Å². The van der Waals surface area contributed by atoms with Crippen LogP contribution in [0, 0.1) is 29.1 Å². The molecule has 0 aromatic heterocycles. The third-order valence-electron chi connectivity index (χ3n) is 4.02. The van der Waals surface area contributed by atoms with Crippen molar-refractivity contribution in [3.8, 4) is 6.07 Å². The molecule has 2 aliphatic carbocycles. The van der Waals surface area contributed by atoms with Crippen LogP contribution in [-0.4, -0.2) is 20.3 Å². The van der Waals surface area contributed by atoms with Crippen LogP contribution in [0.25, 0.3) is 0 Å². The number of hydrogen-bond donors (Lipinski definition) is 0. The molecule has 0 radical (unpaired) electrons. The Morgan fingerprint density at radius 2 is 2.00 bits per heavy atom. The topological polar surface area (TPSA) is 23.8 Å². The molecule has 5 atom stereocenters. The Bertz CT molecular complexity index is 439. The third-order valence-corrected chi connectivity index (χ3v) is 8.09. The second kappa shape index (κ2) is 4.65. The molecule has 0 heterocycles. The predicted octanol–water partition coefficient (Wildman–Crippen LogP) is 2.59. The second-order valence-electron chi connectivity index (χ2n) is 4.97. The van der Waals surface area contributed by atoms with Gasteiger partial charge in [0.1, 0.15) is 0 Å². The molecule has 88 valence electrons. The van der Waals surface area contributed by atoms with Gasteiger partial charge < -0.3 is 0 Å². The quantitative estimate of drug-likeness (QED) is 0.608. The molecular formula is C14H14ClNSe. The fourth-order valence-corrected chi connectivity index (χ4v) is 6.84. The maximum absolute atomic E-state index is 9.08. The summed E-state index contributed by atoms with van der Waals surface area (Å²) in [5, 5.41) is 9.31. The molecule has 1 aromatic carbocycles. The molecule has 17 heavy (non-hydrogen) atoms. The molecule has 0 unspecified atom stereocenters. The van der Waals surface area contributed by atoms with Crippen LogP contribution in [0.3, 0.4) is 0 Å². The molecule has 3 heteroatoms. The van der Waals surface area contributed by atoms with Gasteiger partial charge in [0.15, 0.2) is 0 Å². The molecule has 2 fully saturated rings. The van der Waals surface area contributed by atoms with Gasteiger partial charge >= 0.3 is 113 Å². The Hall–Kier alpha value is -0.481. The summed E-state index contributed by atoms with van der Waals surface area (Å²) in [6.07, 6.45) is 2.27. The zero-order valence-corrected chi connectivity index (χ0v) is 11.9.